The number of methoxy groups -OCH3 is 1. The summed E-state index contributed by atoms with van der Waals surface area (Å²) in [6.45, 7) is 2.55. The zero-order valence-electron chi connectivity index (χ0n) is 16.2. The van der Waals surface area contributed by atoms with Gasteiger partial charge in [0, 0.05) is 24.7 Å². The van der Waals surface area contributed by atoms with Gasteiger partial charge >= 0.3 is 0 Å². The molecule has 1 N–H and O–H groups in total. The van der Waals surface area contributed by atoms with Crippen LogP contribution in [0.5, 0.6) is 5.75 Å². The minimum atomic E-state index is -4.41. The number of nitro benzene ring substituents is 1. The van der Waals surface area contributed by atoms with Crippen LogP contribution in [0.1, 0.15) is 13.8 Å². The van der Waals surface area contributed by atoms with Crippen LogP contribution in [0.15, 0.2) is 47.4 Å². The smallest absolute Gasteiger partial charge is 0.271 e. The van der Waals surface area contributed by atoms with Gasteiger partial charge in [0.05, 0.1) is 16.9 Å². The Labute approximate surface area is 177 Å². The number of non-ortho nitro benzene ring substituents is 1. The lowest BCUT2D eigenvalue weighted by Gasteiger charge is -2.29. The second-order valence-electron chi connectivity index (χ2n) is 6.10. The number of carbonyl (C=O) groups is 2. The number of halogens is 1. The molecule has 0 fully saturated rings. The van der Waals surface area contributed by atoms with Gasteiger partial charge < -0.3 is 10.1 Å². The van der Waals surface area contributed by atoms with Gasteiger partial charge in [0.25, 0.3) is 15.7 Å². The minimum Gasteiger partial charge on any atom is -0.495 e. The topological polar surface area (TPSA) is 136 Å². The van der Waals surface area contributed by atoms with E-state index in [9.17, 15) is 28.1 Å². The third-order valence-corrected chi connectivity index (χ3v) is 6.24. The minimum absolute atomic E-state index is 0.0104. The lowest BCUT2D eigenvalue weighted by molar-refractivity contribution is -0.384. The van der Waals surface area contributed by atoms with Crippen molar-refractivity contribution in [3.8, 4) is 5.75 Å². The lowest BCUT2D eigenvalue weighted by atomic mass is 10.2. The zero-order chi connectivity index (χ0) is 22.6. The molecule has 0 saturated carbocycles. The standard InChI is InChI=1S/C18H18ClN3O7S/c1-11(18(19)24)21(16-10-14(22(25)26)6-9-17(16)29-3)30(27,28)15-7-4-13(5-8-15)20-12(2)23/h4-11H,1-3H3,(H,20,23). The molecule has 0 saturated heterocycles. The third kappa shape index (κ3) is 4.86. The summed E-state index contributed by atoms with van der Waals surface area (Å²) in [5.41, 5.74) is -0.261. The van der Waals surface area contributed by atoms with Crippen LogP contribution in [-0.2, 0) is 19.6 Å². The van der Waals surface area contributed by atoms with Gasteiger partial charge in [-0.15, -0.1) is 0 Å². The van der Waals surface area contributed by atoms with Gasteiger partial charge in [-0.1, -0.05) is 0 Å². The largest absolute Gasteiger partial charge is 0.495 e. The van der Waals surface area contributed by atoms with Gasteiger partial charge in [0.15, 0.2) is 0 Å². The number of nitrogens with zero attached hydrogens (tertiary/aromatic N) is 2. The van der Waals surface area contributed by atoms with E-state index < -0.39 is 31.9 Å². The number of hydrogen-bond acceptors (Lipinski definition) is 7. The Balaban J connectivity index is 2.68. The highest BCUT2D eigenvalue weighted by molar-refractivity contribution is 7.93. The summed E-state index contributed by atoms with van der Waals surface area (Å²) in [4.78, 5) is 33.3. The number of hydrogen-bond donors (Lipinski definition) is 1. The van der Waals surface area contributed by atoms with Crippen molar-refractivity contribution >= 4 is 49.8 Å². The molecule has 0 aliphatic heterocycles. The molecule has 0 spiro atoms. The van der Waals surface area contributed by atoms with Crippen LogP contribution < -0.4 is 14.4 Å². The number of ether oxygens (including phenoxy) is 1. The molecule has 2 rings (SSSR count). The van der Waals surface area contributed by atoms with Gasteiger partial charge in [-0.2, -0.15) is 0 Å². The number of anilines is 2. The SMILES string of the molecule is COc1ccc([N+](=O)[O-])cc1N(C(C)C(=O)Cl)S(=O)(=O)c1ccc(NC(C)=O)cc1. The predicted molar refractivity (Wildman–Crippen MR) is 110 cm³/mol. The third-order valence-electron chi connectivity index (χ3n) is 4.02. The lowest BCUT2D eigenvalue weighted by Crippen LogP contribution is -2.42. The van der Waals surface area contributed by atoms with E-state index in [0.29, 0.717) is 9.99 Å². The molecule has 2 aromatic rings. The van der Waals surface area contributed by atoms with E-state index >= 15 is 0 Å². The average Bonchev–Trinajstić information content (AvgIpc) is 2.67. The van der Waals surface area contributed by atoms with E-state index in [4.69, 9.17) is 16.3 Å². The number of sulfonamides is 1. The van der Waals surface area contributed by atoms with Gasteiger partial charge in [-0.05, 0) is 48.9 Å². The number of nitrogens with one attached hydrogen (secondary N) is 1. The van der Waals surface area contributed by atoms with Crippen molar-refractivity contribution in [1.29, 1.82) is 0 Å². The Morgan fingerprint density at radius 1 is 1.20 bits per heavy atom. The molecule has 10 nitrogen and oxygen atoms in total. The highest BCUT2D eigenvalue weighted by Crippen LogP contribution is 2.37. The first kappa shape index (κ1) is 23.1. The van der Waals surface area contributed by atoms with Crippen molar-refractivity contribution in [2.24, 2.45) is 0 Å². The van der Waals surface area contributed by atoms with E-state index in [-0.39, 0.29) is 22.2 Å². The Kier molecular flexibility index (Phi) is 7.00. The monoisotopic (exact) mass is 455 g/mol. The van der Waals surface area contributed by atoms with E-state index in [1.54, 1.807) is 0 Å². The molecule has 12 heteroatoms. The van der Waals surface area contributed by atoms with Crippen molar-refractivity contribution in [2.45, 2.75) is 24.8 Å². The Bertz CT molecular complexity index is 1090. The maximum absolute atomic E-state index is 13.4. The number of amides is 1. The second-order valence-corrected chi connectivity index (χ2v) is 8.29. The van der Waals surface area contributed by atoms with Crippen molar-refractivity contribution < 1.29 is 27.7 Å². The average molecular weight is 456 g/mol. The maximum atomic E-state index is 13.4. The Morgan fingerprint density at radius 2 is 1.80 bits per heavy atom. The first-order valence-corrected chi connectivity index (χ1v) is 10.2. The zero-order valence-corrected chi connectivity index (χ0v) is 17.7. The molecule has 160 valence electrons. The van der Waals surface area contributed by atoms with Crippen LogP contribution in [0.25, 0.3) is 0 Å². The Morgan fingerprint density at radius 3 is 2.27 bits per heavy atom. The highest BCUT2D eigenvalue weighted by Gasteiger charge is 2.35. The fourth-order valence-corrected chi connectivity index (χ4v) is 4.41. The molecule has 0 heterocycles. The molecule has 1 atom stereocenters. The number of nitro groups is 1. The van der Waals surface area contributed by atoms with Gasteiger partial charge in [-0.25, -0.2) is 8.42 Å². The van der Waals surface area contributed by atoms with Crippen molar-refractivity contribution in [2.75, 3.05) is 16.7 Å². The van der Waals surface area contributed by atoms with Crippen LogP contribution in [0.2, 0.25) is 0 Å². The highest BCUT2D eigenvalue weighted by atomic mass is 35.5. The van der Waals surface area contributed by atoms with Crippen LogP contribution in [-0.4, -0.2) is 37.6 Å². The first-order chi connectivity index (χ1) is 14.0. The van der Waals surface area contributed by atoms with Crippen LogP contribution in [0.4, 0.5) is 17.1 Å². The first-order valence-electron chi connectivity index (χ1n) is 8.43. The van der Waals surface area contributed by atoms with Crippen molar-refractivity contribution in [3.05, 3.63) is 52.6 Å². The van der Waals surface area contributed by atoms with Crippen LogP contribution in [0, 0.1) is 10.1 Å². The summed E-state index contributed by atoms with van der Waals surface area (Å²) in [6.07, 6.45) is 0. The molecular weight excluding hydrogens is 438 g/mol. The summed E-state index contributed by atoms with van der Waals surface area (Å²) in [5, 5.41) is 12.7. The van der Waals surface area contributed by atoms with E-state index in [2.05, 4.69) is 5.32 Å². The fourth-order valence-electron chi connectivity index (χ4n) is 2.63. The molecule has 0 bridgehead atoms. The molecular formula is C18H18ClN3O7S. The summed E-state index contributed by atoms with van der Waals surface area (Å²) in [7, 11) is -3.15. The second kappa shape index (κ2) is 9.09. The predicted octanol–water partition coefficient (Wildman–Crippen LogP) is 2.91. The van der Waals surface area contributed by atoms with Crippen molar-refractivity contribution in [1.82, 2.24) is 0 Å². The molecule has 1 unspecified atom stereocenters. The van der Waals surface area contributed by atoms with Crippen LogP contribution >= 0.6 is 11.6 Å². The van der Waals surface area contributed by atoms with Crippen molar-refractivity contribution in [3.63, 3.8) is 0 Å². The molecule has 1 amide bonds. The summed E-state index contributed by atoms with van der Waals surface area (Å²) < 4.78 is 32.6. The molecule has 30 heavy (non-hydrogen) atoms. The van der Waals surface area contributed by atoms with Gasteiger partial charge in [0.1, 0.15) is 17.5 Å². The van der Waals surface area contributed by atoms with E-state index in [0.717, 1.165) is 12.1 Å². The molecule has 0 radical (unpaired) electrons. The molecule has 0 aliphatic carbocycles. The summed E-state index contributed by atoms with van der Waals surface area (Å²) in [5.74, 6) is -0.348. The normalized spacial score (nSPS) is 12.0. The number of rotatable bonds is 8. The fraction of sp³-hybridized carbons (Fsp3) is 0.222. The summed E-state index contributed by atoms with van der Waals surface area (Å²) >= 11 is 5.58. The van der Waals surface area contributed by atoms with E-state index in [1.165, 1.54) is 51.3 Å². The number of benzene rings is 2. The van der Waals surface area contributed by atoms with Gasteiger partial charge in [0.2, 0.25) is 11.1 Å². The van der Waals surface area contributed by atoms with E-state index in [1.807, 2.05) is 0 Å². The molecule has 2 aromatic carbocycles. The van der Waals surface area contributed by atoms with Gasteiger partial charge in [-0.3, -0.25) is 24.0 Å². The summed E-state index contributed by atoms with van der Waals surface area (Å²) in [6, 6.07) is 7.13. The number of carbonyl (C=O) groups excluding carboxylic acids is 2. The Hall–Kier alpha value is -3.18. The quantitative estimate of drug-likeness (QED) is 0.367. The molecule has 0 aliphatic rings. The van der Waals surface area contributed by atoms with Crippen LogP contribution in [0.3, 0.4) is 0 Å². The molecule has 0 aromatic heterocycles. The maximum Gasteiger partial charge on any atom is 0.271 e.